The molecule has 3 rings (SSSR count). The minimum atomic E-state index is -4.70. The third-order valence-corrected chi connectivity index (χ3v) is 4.89. The Labute approximate surface area is 155 Å². The van der Waals surface area contributed by atoms with Gasteiger partial charge in [-0.15, -0.1) is 13.2 Å². The Balaban J connectivity index is 1.67. The topological polar surface area (TPSA) is 47.4 Å². The van der Waals surface area contributed by atoms with Gasteiger partial charge in [-0.25, -0.2) is 0 Å². The molecule has 27 heavy (non-hydrogen) atoms. The molecule has 0 radical (unpaired) electrons. The molecule has 5 nitrogen and oxygen atoms in total. The van der Waals surface area contributed by atoms with Gasteiger partial charge in [-0.05, 0) is 49.9 Å². The van der Waals surface area contributed by atoms with Crippen LogP contribution in [0.3, 0.4) is 0 Å². The predicted octanol–water partition coefficient (Wildman–Crippen LogP) is 3.49. The molecule has 0 spiro atoms. The Morgan fingerprint density at radius 3 is 2.56 bits per heavy atom. The Hall–Kier alpha value is -2.51. The van der Waals surface area contributed by atoms with Crippen LogP contribution >= 0.6 is 0 Å². The van der Waals surface area contributed by atoms with Gasteiger partial charge < -0.3 is 9.64 Å². The van der Waals surface area contributed by atoms with Gasteiger partial charge >= 0.3 is 6.36 Å². The summed E-state index contributed by atoms with van der Waals surface area (Å²) in [7, 11) is 1.81. The first kappa shape index (κ1) is 19.3. The second-order valence-corrected chi connectivity index (χ2v) is 7.17. The fourth-order valence-electron chi connectivity index (χ4n) is 3.69. The molecule has 1 aliphatic rings. The summed E-state index contributed by atoms with van der Waals surface area (Å²) in [4.78, 5) is 14.6. The second-order valence-electron chi connectivity index (χ2n) is 7.17. The third-order valence-electron chi connectivity index (χ3n) is 4.89. The molecule has 2 aromatic rings. The van der Waals surface area contributed by atoms with E-state index < -0.39 is 6.36 Å². The summed E-state index contributed by atoms with van der Waals surface area (Å²) < 4.78 is 42.4. The summed E-state index contributed by atoms with van der Waals surface area (Å²) in [6, 6.07) is 7.67. The van der Waals surface area contributed by atoms with Crippen molar-refractivity contribution in [2.24, 2.45) is 7.05 Å². The lowest BCUT2D eigenvalue weighted by Crippen LogP contribution is -2.47. The molecule has 1 amide bonds. The Morgan fingerprint density at radius 2 is 1.96 bits per heavy atom. The van der Waals surface area contributed by atoms with Gasteiger partial charge in [-0.2, -0.15) is 5.10 Å². The molecule has 0 bridgehead atoms. The van der Waals surface area contributed by atoms with Gasteiger partial charge in [-0.3, -0.25) is 9.48 Å². The number of benzene rings is 1. The summed E-state index contributed by atoms with van der Waals surface area (Å²) in [5.74, 6) is -0.225. The zero-order valence-electron chi connectivity index (χ0n) is 15.3. The minimum absolute atomic E-state index is 0.0192. The van der Waals surface area contributed by atoms with Crippen LogP contribution in [0.2, 0.25) is 0 Å². The molecule has 1 atom stereocenters. The van der Waals surface area contributed by atoms with E-state index in [9.17, 15) is 18.0 Å². The zero-order valence-corrected chi connectivity index (χ0v) is 15.3. The van der Waals surface area contributed by atoms with Gasteiger partial charge in [-0.1, -0.05) is 12.1 Å². The molecule has 0 N–H and O–H groups in total. The lowest BCUT2D eigenvalue weighted by molar-refractivity contribution is -0.274. The van der Waals surface area contributed by atoms with Crippen LogP contribution in [0, 0.1) is 0 Å². The summed E-state index contributed by atoms with van der Waals surface area (Å²) in [6.45, 7) is 2.70. The maximum Gasteiger partial charge on any atom is 0.573 e. The number of carbonyl (C=O) groups is 1. The predicted molar refractivity (Wildman–Crippen MR) is 93.1 cm³/mol. The van der Waals surface area contributed by atoms with Crippen molar-refractivity contribution >= 4 is 5.91 Å². The van der Waals surface area contributed by atoms with Gasteiger partial charge in [0.05, 0.1) is 12.1 Å². The van der Waals surface area contributed by atoms with Gasteiger partial charge in [0.1, 0.15) is 5.75 Å². The molecule has 1 fully saturated rings. The van der Waals surface area contributed by atoms with E-state index >= 15 is 0 Å². The smallest absolute Gasteiger partial charge is 0.406 e. The van der Waals surface area contributed by atoms with Crippen molar-refractivity contribution in [1.82, 2.24) is 14.7 Å². The first-order chi connectivity index (χ1) is 12.6. The van der Waals surface area contributed by atoms with E-state index in [0.717, 1.165) is 24.1 Å². The number of ether oxygens (including phenoxy) is 1. The second kappa shape index (κ2) is 7.25. The molecule has 1 aliphatic heterocycles. The lowest BCUT2D eigenvalue weighted by Gasteiger charge is -2.35. The van der Waals surface area contributed by atoms with E-state index in [0.29, 0.717) is 13.0 Å². The van der Waals surface area contributed by atoms with E-state index in [-0.39, 0.29) is 23.6 Å². The molecule has 1 aromatic carbocycles. The first-order valence-electron chi connectivity index (χ1n) is 8.78. The Kier molecular flexibility index (Phi) is 5.17. The van der Waals surface area contributed by atoms with Crippen LogP contribution in [0.4, 0.5) is 13.2 Å². The molecule has 1 unspecified atom stereocenters. The number of nitrogens with zero attached hydrogens (tertiary/aromatic N) is 3. The van der Waals surface area contributed by atoms with Crippen LogP contribution in [0.25, 0.3) is 0 Å². The van der Waals surface area contributed by atoms with E-state index in [1.165, 1.54) is 12.1 Å². The van der Waals surface area contributed by atoms with Crippen LogP contribution in [0.5, 0.6) is 5.75 Å². The quantitative estimate of drug-likeness (QED) is 0.797. The Morgan fingerprint density at radius 1 is 1.26 bits per heavy atom. The van der Waals surface area contributed by atoms with Crippen LogP contribution in [-0.4, -0.2) is 39.0 Å². The summed E-state index contributed by atoms with van der Waals surface area (Å²) in [5.41, 5.74) is 1.23. The zero-order chi connectivity index (χ0) is 19.7. The lowest BCUT2D eigenvalue weighted by atomic mass is 9.90. The number of likely N-dealkylation sites (tertiary alicyclic amines) is 1. The highest BCUT2D eigenvalue weighted by Crippen LogP contribution is 2.33. The molecule has 0 aliphatic carbocycles. The maximum atomic E-state index is 12.8. The van der Waals surface area contributed by atoms with E-state index in [1.54, 1.807) is 30.1 Å². The first-order valence-corrected chi connectivity index (χ1v) is 8.78. The fraction of sp³-hybridized carbons (Fsp3) is 0.474. The van der Waals surface area contributed by atoms with Crippen molar-refractivity contribution in [3.8, 4) is 5.75 Å². The molecule has 146 valence electrons. The number of aromatic nitrogens is 2. The van der Waals surface area contributed by atoms with Crippen LogP contribution in [0.15, 0.2) is 36.5 Å². The SMILES string of the molecule is Cn1ccc(CC(=O)N2CCCC2(C)Cc2ccc(OC(F)(F)F)cc2)n1. The van der Waals surface area contributed by atoms with Gasteiger partial charge in [0.25, 0.3) is 0 Å². The highest BCUT2D eigenvalue weighted by molar-refractivity contribution is 5.79. The molecule has 1 saturated heterocycles. The summed E-state index contributed by atoms with van der Waals surface area (Å²) >= 11 is 0. The highest BCUT2D eigenvalue weighted by Gasteiger charge is 2.39. The van der Waals surface area contributed by atoms with Crippen molar-refractivity contribution in [2.45, 2.75) is 44.5 Å². The number of hydrogen-bond donors (Lipinski definition) is 0. The summed E-state index contributed by atoms with van der Waals surface area (Å²) in [5, 5.41) is 4.26. The molecule has 8 heteroatoms. The number of halogens is 3. The van der Waals surface area contributed by atoms with Gasteiger partial charge in [0.2, 0.25) is 5.91 Å². The standard InChI is InChI=1S/C19H22F3N3O2/c1-18(13-14-4-6-16(7-5-14)27-19(20,21)22)9-3-10-25(18)17(26)12-15-8-11-24(2)23-15/h4-8,11H,3,9-10,12-13H2,1-2H3. The third kappa shape index (κ3) is 4.81. The van der Waals surface area contributed by atoms with Crippen molar-refractivity contribution in [2.75, 3.05) is 6.54 Å². The van der Waals surface area contributed by atoms with Crippen LogP contribution in [-0.2, 0) is 24.7 Å². The molecular weight excluding hydrogens is 359 g/mol. The number of alkyl halides is 3. The molecule has 0 saturated carbocycles. The van der Waals surface area contributed by atoms with E-state index in [2.05, 4.69) is 9.84 Å². The fourth-order valence-corrected chi connectivity index (χ4v) is 3.69. The average Bonchev–Trinajstić information content (AvgIpc) is 3.13. The van der Waals surface area contributed by atoms with Crippen molar-refractivity contribution in [3.05, 3.63) is 47.8 Å². The monoisotopic (exact) mass is 381 g/mol. The van der Waals surface area contributed by atoms with Crippen LogP contribution < -0.4 is 4.74 Å². The van der Waals surface area contributed by atoms with Crippen LogP contribution in [0.1, 0.15) is 31.0 Å². The number of hydrogen-bond acceptors (Lipinski definition) is 3. The average molecular weight is 381 g/mol. The number of carbonyl (C=O) groups excluding carboxylic acids is 1. The number of rotatable bonds is 5. The van der Waals surface area contributed by atoms with E-state index in [4.69, 9.17) is 0 Å². The van der Waals surface area contributed by atoms with Crippen molar-refractivity contribution in [3.63, 3.8) is 0 Å². The molecule has 1 aromatic heterocycles. The minimum Gasteiger partial charge on any atom is -0.406 e. The largest absolute Gasteiger partial charge is 0.573 e. The Bertz CT molecular complexity index is 801. The summed E-state index contributed by atoms with van der Waals surface area (Å²) in [6.07, 6.45) is -0.326. The van der Waals surface area contributed by atoms with Crippen molar-refractivity contribution in [1.29, 1.82) is 0 Å². The van der Waals surface area contributed by atoms with E-state index in [1.807, 2.05) is 17.9 Å². The number of aryl methyl sites for hydroxylation is 1. The van der Waals surface area contributed by atoms with Crippen molar-refractivity contribution < 1.29 is 22.7 Å². The number of amides is 1. The van der Waals surface area contributed by atoms with Gasteiger partial charge in [0.15, 0.2) is 0 Å². The van der Waals surface area contributed by atoms with Gasteiger partial charge in [0, 0.05) is 25.3 Å². The highest BCUT2D eigenvalue weighted by atomic mass is 19.4. The molecular formula is C19H22F3N3O2. The maximum absolute atomic E-state index is 12.8. The normalized spacial score (nSPS) is 20.1. The molecule has 2 heterocycles.